The van der Waals surface area contributed by atoms with Gasteiger partial charge in [-0.2, -0.15) is 0 Å². The number of amides is 7. The largest absolute Gasteiger partial charge is 0.480 e. The zero-order chi connectivity index (χ0) is 45.2. The molecule has 0 spiro atoms. The van der Waals surface area contributed by atoms with Crippen molar-refractivity contribution in [3.05, 3.63) is 0 Å². The third-order valence-electron chi connectivity index (χ3n) is 9.00. The van der Waals surface area contributed by atoms with Crippen LogP contribution in [0.5, 0.6) is 0 Å². The molecular formula is C38H72N10O11. The van der Waals surface area contributed by atoms with Crippen molar-refractivity contribution in [2.75, 3.05) is 32.8 Å². The maximum Gasteiger partial charge on any atom is 0.326 e. The molecule has 0 aliphatic carbocycles. The van der Waals surface area contributed by atoms with Gasteiger partial charge in [-0.15, -0.1) is 0 Å². The first-order valence-electron chi connectivity index (χ1n) is 20.4. The van der Waals surface area contributed by atoms with Gasteiger partial charge < -0.3 is 69.7 Å². The molecule has 340 valence electrons. The second-order valence-electron chi connectivity index (χ2n) is 15.9. The number of carbonyl (C=O) groups is 8. The Balaban J connectivity index is 6.28. The molecule has 0 heterocycles. The Hall–Kier alpha value is -4.44. The van der Waals surface area contributed by atoms with Gasteiger partial charge in [0.05, 0.1) is 19.8 Å². The highest BCUT2D eigenvalue weighted by Gasteiger charge is 2.34. The molecule has 0 aromatic heterocycles. The summed E-state index contributed by atoms with van der Waals surface area (Å²) >= 11 is 0. The highest BCUT2D eigenvalue weighted by Crippen LogP contribution is 2.13. The number of hydrogen-bond acceptors (Lipinski definition) is 13. The van der Waals surface area contributed by atoms with Crippen molar-refractivity contribution in [2.45, 2.75) is 142 Å². The first-order chi connectivity index (χ1) is 27.7. The van der Waals surface area contributed by atoms with Gasteiger partial charge in [-0.25, -0.2) is 4.79 Å². The first kappa shape index (κ1) is 54.6. The minimum atomic E-state index is -1.59. The number of nitrogens with two attached hydrogens (primary N) is 3. The number of carboxylic acid groups (broad SMARTS) is 1. The molecule has 16 N–H and O–H groups in total. The maximum absolute atomic E-state index is 13.9. The van der Waals surface area contributed by atoms with Crippen LogP contribution in [0.4, 0.5) is 0 Å². The predicted molar refractivity (Wildman–Crippen MR) is 219 cm³/mol. The highest BCUT2D eigenvalue weighted by molar-refractivity contribution is 5.97. The van der Waals surface area contributed by atoms with Crippen molar-refractivity contribution in [3.63, 3.8) is 0 Å². The Morgan fingerprint density at radius 2 is 0.712 bits per heavy atom. The van der Waals surface area contributed by atoms with E-state index in [2.05, 4.69) is 37.2 Å². The van der Waals surface area contributed by atoms with E-state index in [1.165, 1.54) is 0 Å². The number of rotatable bonds is 31. The van der Waals surface area contributed by atoms with Gasteiger partial charge in [-0.05, 0) is 88.6 Å². The van der Waals surface area contributed by atoms with Crippen LogP contribution in [0.15, 0.2) is 0 Å². The summed E-state index contributed by atoms with van der Waals surface area (Å²) in [5, 5.41) is 46.7. The van der Waals surface area contributed by atoms with Crippen LogP contribution in [0.2, 0.25) is 0 Å². The van der Waals surface area contributed by atoms with Crippen LogP contribution < -0.4 is 54.4 Å². The SMILES string of the molecule is CC(C)C[C@H](NC(=O)[C@H](CC(C)C)NC(=O)[C@H](CC(C)C)NC(=O)[C@H](CO)NC(=O)[C@H](CO)NC(=O)CN)C(=O)N[C@@H](CCCCN)C(=O)N[C@@H](CCCCN)C(=O)O. The summed E-state index contributed by atoms with van der Waals surface area (Å²) < 4.78 is 0. The molecule has 59 heavy (non-hydrogen) atoms. The van der Waals surface area contributed by atoms with Crippen molar-refractivity contribution in [2.24, 2.45) is 35.0 Å². The lowest BCUT2D eigenvalue weighted by Crippen LogP contribution is -2.61. The van der Waals surface area contributed by atoms with Gasteiger partial charge >= 0.3 is 5.97 Å². The molecule has 0 saturated heterocycles. The standard InChI is InChI=1S/C38H72N10O11/c1-21(2)15-26(33(53)43-24(11-7-9-13-39)32(52)44-25(38(58)59)12-8-10-14-40)45-34(54)27(16-22(3)4)46-35(55)28(17-23(5)6)47-37(57)30(20-50)48-36(56)29(19-49)42-31(51)18-41/h21-30,49-50H,7-20,39-41H2,1-6H3,(H,42,51)(H,43,53)(H,44,52)(H,45,54)(H,46,55)(H,47,57)(H,48,56)(H,58,59)/t24-,25-,26-,27-,28-,29-,30-/m0/s1. The molecule has 0 bridgehead atoms. The molecule has 0 unspecified atom stereocenters. The second kappa shape index (κ2) is 29.7. The number of hydrogen-bond donors (Lipinski definition) is 13. The first-order valence-corrected chi connectivity index (χ1v) is 20.4. The van der Waals surface area contributed by atoms with Crippen LogP contribution in [0, 0.1) is 17.8 Å². The van der Waals surface area contributed by atoms with Crippen LogP contribution in [0.25, 0.3) is 0 Å². The van der Waals surface area contributed by atoms with Gasteiger partial charge in [0.1, 0.15) is 42.3 Å². The Morgan fingerprint density at radius 1 is 0.424 bits per heavy atom. The van der Waals surface area contributed by atoms with Crippen molar-refractivity contribution >= 4 is 47.3 Å². The molecule has 0 fully saturated rings. The van der Waals surface area contributed by atoms with E-state index in [0.717, 1.165) is 0 Å². The number of aliphatic carboxylic acids is 1. The van der Waals surface area contributed by atoms with Crippen molar-refractivity contribution in [1.82, 2.24) is 37.2 Å². The zero-order valence-electron chi connectivity index (χ0n) is 35.5. The molecule has 0 aromatic carbocycles. The summed E-state index contributed by atoms with van der Waals surface area (Å²) in [6, 6.07) is -9.04. The Morgan fingerprint density at radius 3 is 1.03 bits per heavy atom. The van der Waals surface area contributed by atoms with E-state index in [1.807, 2.05) is 27.7 Å². The topological polar surface area (TPSA) is 360 Å². The van der Waals surface area contributed by atoms with Crippen LogP contribution in [0.3, 0.4) is 0 Å². The average Bonchev–Trinajstić information content (AvgIpc) is 3.16. The number of carbonyl (C=O) groups excluding carboxylic acids is 7. The zero-order valence-corrected chi connectivity index (χ0v) is 35.5. The minimum Gasteiger partial charge on any atom is -0.480 e. The molecule has 21 nitrogen and oxygen atoms in total. The van der Waals surface area contributed by atoms with Crippen LogP contribution >= 0.6 is 0 Å². The predicted octanol–water partition coefficient (Wildman–Crippen LogP) is -3.20. The average molecular weight is 845 g/mol. The summed E-state index contributed by atoms with van der Waals surface area (Å²) in [6.07, 6.45) is 2.63. The summed E-state index contributed by atoms with van der Waals surface area (Å²) in [5.41, 5.74) is 16.4. The lowest BCUT2D eigenvalue weighted by molar-refractivity contribution is -0.142. The number of unbranched alkanes of at least 4 members (excludes halogenated alkanes) is 2. The molecule has 7 amide bonds. The molecule has 0 saturated carbocycles. The number of aliphatic hydroxyl groups excluding tert-OH is 2. The van der Waals surface area contributed by atoms with Crippen molar-refractivity contribution in [3.8, 4) is 0 Å². The van der Waals surface area contributed by atoms with E-state index in [0.29, 0.717) is 38.8 Å². The lowest BCUT2D eigenvalue weighted by atomic mass is 9.98. The van der Waals surface area contributed by atoms with Gasteiger partial charge in [0.15, 0.2) is 0 Å². The molecule has 7 atom stereocenters. The molecule has 21 heteroatoms. The molecule has 0 aliphatic heterocycles. The minimum absolute atomic E-state index is 0.0766. The summed E-state index contributed by atoms with van der Waals surface area (Å²) in [5.74, 6) is -7.25. The van der Waals surface area contributed by atoms with E-state index >= 15 is 0 Å². The van der Waals surface area contributed by atoms with Crippen LogP contribution in [-0.2, 0) is 38.4 Å². The Kier molecular flexibility index (Phi) is 27.5. The van der Waals surface area contributed by atoms with Gasteiger partial charge in [0, 0.05) is 0 Å². The number of nitrogens with one attached hydrogen (secondary N) is 7. The fourth-order valence-corrected chi connectivity index (χ4v) is 5.90. The molecule has 0 aromatic rings. The maximum atomic E-state index is 13.9. The second-order valence-corrected chi connectivity index (χ2v) is 15.9. The number of carboxylic acids is 1. The molecular weight excluding hydrogens is 772 g/mol. The van der Waals surface area contributed by atoms with Gasteiger partial charge in [-0.1, -0.05) is 41.5 Å². The van der Waals surface area contributed by atoms with E-state index in [9.17, 15) is 53.7 Å². The van der Waals surface area contributed by atoms with Crippen LogP contribution in [-0.4, -0.2) is 138 Å². The molecule has 0 aliphatic rings. The van der Waals surface area contributed by atoms with E-state index in [1.54, 1.807) is 13.8 Å². The quantitative estimate of drug-likeness (QED) is 0.0306. The Bertz CT molecular complexity index is 1350. The number of aliphatic hydroxyl groups is 2. The van der Waals surface area contributed by atoms with Crippen molar-refractivity contribution < 1.29 is 53.7 Å². The van der Waals surface area contributed by atoms with Gasteiger partial charge in [0.2, 0.25) is 41.4 Å². The fourth-order valence-electron chi connectivity index (χ4n) is 5.90. The third-order valence-corrected chi connectivity index (χ3v) is 9.00. The Labute approximate surface area is 347 Å². The molecule has 0 radical (unpaired) electrons. The summed E-state index contributed by atoms with van der Waals surface area (Å²) in [6.45, 7) is 9.32. The monoisotopic (exact) mass is 845 g/mol. The normalized spacial score (nSPS) is 14.9. The van der Waals surface area contributed by atoms with E-state index < -0.39 is 109 Å². The lowest BCUT2D eigenvalue weighted by Gasteiger charge is -2.29. The smallest absolute Gasteiger partial charge is 0.326 e. The van der Waals surface area contributed by atoms with Gasteiger partial charge in [0.25, 0.3) is 0 Å². The summed E-state index contributed by atoms with van der Waals surface area (Å²) in [7, 11) is 0. The summed E-state index contributed by atoms with van der Waals surface area (Å²) in [4.78, 5) is 104. The van der Waals surface area contributed by atoms with Gasteiger partial charge in [-0.3, -0.25) is 33.6 Å². The van der Waals surface area contributed by atoms with Crippen molar-refractivity contribution in [1.29, 1.82) is 0 Å². The van der Waals surface area contributed by atoms with E-state index in [4.69, 9.17) is 17.2 Å². The highest BCUT2D eigenvalue weighted by atomic mass is 16.4. The fraction of sp³-hybridized carbons (Fsp3) is 0.789. The van der Waals surface area contributed by atoms with E-state index in [-0.39, 0.29) is 49.9 Å². The third kappa shape index (κ3) is 22.5. The molecule has 0 rings (SSSR count). The van der Waals surface area contributed by atoms with Crippen LogP contribution in [0.1, 0.15) is 99.3 Å².